The van der Waals surface area contributed by atoms with Gasteiger partial charge >= 0.3 is 0 Å². The van der Waals surface area contributed by atoms with Gasteiger partial charge in [-0.05, 0) is 86.0 Å². The number of piperidine rings is 1. The van der Waals surface area contributed by atoms with E-state index in [0.29, 0.717) is 24.4 Å². The van der Waals surface area contributed by atoms with Crippen LogP contribution in [-0.2, 0) is 17.8 Å². The van der Waals surface area contributed by atoms with Crippen molar-refractivity contribution in [2.75, 3.05) is 13.1 Å². The van der Waals surface area contributed by atoms with E-state index in [1.54, 1.807) is 25.1 Å². The van der Waals surface area contributed by atoms with Gasteiger partial charge in [-0.15, -0.1) is 0 Å². The van der Waals surface area contributed by atoms with Crippen LogP contribution in [0, 0.1) is 30.4 Å². The molecule has 0 radical (unpaired) electrons. The lowest BCUT2D eigenvalue weighted by atomic mass is 9.79. The molecule has 1 aliphatic rings. The fraction of sp³-hybridized carbons (Fsp3) is 0.435. The molecule has 3 nitrogen and oxygen atoms in total. The van der Waals surface area contributed by atoms with E-state index in [4.69, 9.17) is 0 Å². The first-order valence-corrected chi connectivity index (χ1v) is 9.99. The highest BCUT2D eigenvalue weighted by atomic mass is 19.1. The number of hydrogen-bond donors (Lipinski definition) is 2. The molecule has 1 atom stereocenters. The number of benzene rings is 2. The Morgan fingerprint density at radius 3 is 2.57 bits per heavy atom. The Morgan fingerprint density at radius 2 is 1.86 bits per heavy atom. The number of rotatable bonds is 7. The lowest BCUT2D eigenvalue weighted by molar-refractivity contribution is -0.122. The summed E-state index contributed by atoms with van der Waals surface area (Å²) in [6.07, 6.45) is 3.28. The summed E-state index contributed by atoms with van der Waals surface area (Å²) in [7, 11) is 0. The Kier molecular flexibility index (Phi) is 7.15. The normalized spacial score (nSPS) is 16.0. The van der Waals surface area contributed by atoms with Gasteiger partial charge in [0.1, 0.15) is 11.6 Å². The number of halogens is 2. The fourth-order valence-electron chi connectivity index (χ4n) is 3.99. The quantitative estimate of drug-likeness (QED) is 0.751. The maximum Gasteiger partial charge on any atom is 0.220 e. The second kappa shape index (κ2) is 9.78. The zero-order chi connectivity index (χ0) is 19.9. The van der Waals surface area contributed by atoms with Gasteiger partial charge in [-0.25, -0.2) is 8.78 Å². The van der Waals surface area contributed by atoms with Gasteiger partial charge in [-0.2, -0.15) is 0 Å². The van der Waals surface area contributed by atoms with E-state index in [9.17, 15) is 13.6 Å². The monoisotopic (exact) mass is 386 g/mol. The molecule has 5 heteroatoms. The van der Waals surface area contributed by atoms with E-state index < -0.39 is 0 Å². The summed E-state index contributed by atoms with van der Waals surface area (Å²) < 4.78 is 26.9. The van der Waals surface area contributed by atoms with Gasteiger partial charge in [0, 0.05) is 13.0 Å². The first-order chi connectivity index (χ1) is 13.5. The van der Waals surface area contributed by atoms with Crippen molar-refractivity contribution in [3.05, 3.63) is 70.8 Å². The summed E-state index contributed by atoms with van der Waals surface area (Å²) in [6, 6.07) is 11.5. The van der Waals surface area contributed by atoms with Crippen LogP contribution in [0.2, 0.25) is 0 Å². The van der Waals surface area contributed by atoms with Crippen LogP contribution in [0.3, 0.4) is 0 Å². The van der Waals surface area contributed by atoms with Crippen LogP contribution in [0.15, 0.2) is 42.5 Å². The average molecular weight is 386 g/mol. The van der Waals surface area contributed by atoms with Crippen molar-refractivity contribution < 1.29 is 13.6 Å². The molecule has 1 aliphatic heterocycles. The van der Waals surface area contributed by atoms with Crippen molar-refractivity contribution >= 4 is 5.91 Å². The summed E-state index contributed by atoms with van der Waals surface area (Å²) >= 11 is 0. The molecule has 2 aromatic carbocycles. The van der Waals surface area contributed by atoms with Gasteiger partial charge in [-0.1, -0.05) is 24.3 Å². The Morgan fingerprint density at radius 1 is 1.14 bits per heavy atom. The molecule has 3 rings (SSSR count). The number of hydrogen-bond acceptors (Lipinski definition) is 2. The standard InChI is InChI=1S/C23H28F2N2O/c1-16-19(3-2-4-22(16)25)15-27-23(28)14-20(18-9-11-26-12-10-18)13-17-5-7-21(24)8-6-17/h2-8,18,20,26H,9-15H2,1H3,(H,27,28). The van der Waals surface area contributed by atoms with Crippen LogP contribution in [-0.4, -0.2) is 19.0 Å². The minimum atomic E-state index is -0.254. The van der Waals surface area contributed by atoms with Crippen molar-refractivity contribution in [3.8, 4) is 0 Å². The zero-order valence-electron chi connectivity index (χ0n) is 16.3. The second-order valence-corrected chi connectivity index (χ2v) is 7.68. The molecule has 2 aromatic rings. The first kappa shape index (κ1) is 20.5. The van der Waals surface area contributed by atoms with E-state index in [1.807, 2.05) is 6.07 Å². The molecule has 0 aliphatic carbocycles. The molecule has 1 amide bonds. The summed E-state index contributed by atoms with van der Waals surface area (Å²) in [5.74, 6) is 0.157. The van der Waals surface area contributed by atoms with Crippen molar-refractivity contribution in [2.24, 2.45) is 11.8 Å². The third-order valence-electron chi connectivity index (χ3n) is 5.77. The molecule has 0 spiro atoms. The number of carbonyl (C=O) groups excluding carboxylic acids is 1. The van der Waals surface area contributed by atoms with Crippen LogP contribution in [0.4, 0.5) is 8.78 Å². The Bertz CT molecular complexity index is 786. The maximum absolute atomic E-state index is 13.7. The van der Waals surface area contributed by atoms with Gasteiger partial charge in [0.2, 0.25) is 5.91 Å². The molecular formula is C23H28F2N2O. The predicted octanol–water partition coefficient (Wildman–Crippen LogP) is 4.14. The molecular weight excluding hydrogens is 358 g/mol. The summed E-state index contributed by atoms with van der Waals surface area (Å²) in [5.41, 5.74) is 2.42. The Balaban J connectivity index is 1.63. The van der Waals surface area contributed by atoms with Gasteiger partial charge < -0.3 is 10.6 Å². The minimum absolute atomic E-state index is 0.0192. The summed E-state index contributed by atoms with van der Waals surface area (Å²) in [6.45, 7) is 3.99. The number of nitrogens with one attached hydrogen (secondary N) is 2. The molecule has 150 valence electrons. The molecule has 1 unspecified atom stereocenters. The molecule has 2 N–H and O–H groups in total. The zero-order valence-corrected chi connectivity index (χ0v) is 16.3. The smallest absolute Gasteiger partial charge is 0.220 e. The van der Waals surface area contributed by atoms with Crippen LogP contribution in [0.25, 0.3) is 0 Å². The van der Waals surface area contributed by atoms with E-state index in [2.05, 4.69) is 10.6 Å². The van der Waals surface area contributed by atoms with Crippen molar-refractivity contribution in [1.82, 2.24) is 10.6 Å². The van der Waals surface area contributed by atoms with Crippen LogP contribution in [0.5, 0.6) is 0 Å². The van der Waals surface area contributed by atoms with E-state index >= 15 is 0 Å². The van der Waals surface area contributed by atoms with E-state index in [0.717, 1.165) is 43.5 Å². The van der Waals surface area contributed by atoms with Crippen LogP contribution in [0.1, 0.15) is 36.0 Å². The molecule has 1 saturated heterocycles. The molecule has 0 saturated carbocycles. The van der Waals surface area contributed by atoms with Crippen LogP contribution < -0.4 is 10.6 Å². The lowest BCUT2D eigenvalue weighted by Gasteiger charge is -2.30. The Labute approximate surface area is 165 Å². The number of amides is 1. The third-order valence-corrected chi connectivity index (χ3v) is 5.77. The third kappa shape index (κ3) is 5.61. The molecule has 1 heterocycles. The lowest BCUT2D eigenvalue weighted by Crippen LogP contribution is -2.35. The first-order valence-electron chi connectivity index (χ1n) is 9.99. The summed E-state index contributed by atoms with van der Waals surface area (Å²) in [5, 5.41) is 6.32. The van der Waals surface area contributed by atoms with E-state index in [1.165, 1.54) is 18.2 Å². The van der Waals surface area contributed by atoms with Gasteiger partial charge in [-0.3, -0.25) is 4.79 Å². The van der Waals surface area contributed by atoms with Gasteiger partial charge in [0.05, 0.1) is 0 Å². The second-order valence-electron chi connectivity index (χ2n) is 7.68. The van der Waals surface area contributed by atoms with Crippen molar-refractivity contribution in [1.29, 1.82) is 0 Å². The molecule has 1 fully saturated rings. The summed E-state index contributed by atoms with van der Waals surface area (Å²) in [4.78, 5) is 12.6. The SMILES string of the molecule is Cc1c(F)cccc1CNC(=O)CC(Cc1ccc(F)cc1)C1CCNCC1. The Hall–Kier alpha value is -2.27. The molecule has 28 heavy (non-hydrogen) atoms. The van der Waals surface area contributed by atoms with Gasteiger partial charge in [0.25, 0.3) is 0 Å². The number of carbonyl (C=O) groups is 1. The topological polar surface area (TPSA) is 41.1 Å². The highest BCUT2D eigenvalue weighted by molar-refractivity contribution is 5.76. The minimum Gasteiger partial charge on any atom is -0.352 e. The molecule has 0 aromatic heterocycles. The maximum atomic E-state index is 13.7. The highest BCUT2D eigenvalue weighted by Crippen LogP contribution is 2.28. The van der Waals surface area contributed by atoms with Crippen molar-refractivity contribution in [3.63, 3.8) is 0 Å². The average Bonchev–Trinajstić information content (AvgIpc) is 2.71. The van der Waals surface area contributed by atoms with E-state index in [-0.39, 0.29) is 23.5 Å². The van der Waals surface area contributed by atoms with Gasteiger partial charge in [0.15, 0.2) is 0 Å². The van der Waals surface area contributed by atoms with Crippen molar-refractivity contribution in [2.45, 2.75) is 39.2 Å². The fourth-order valence-corrected chi connectivity index (χ4v) is 3.99. The molecule has 0 bridgehead atoms. The largest absolute Gasteiger partial charge is 0.352 e. The predicted molar refractivity (Wildman–Crippen MR) is 107 cm³/mol. The van der Waals surface area contributed by atoms with Crippen LogP contribution >= 0.6 is 0 Å². The highest BCUT2D eigenvalue weighted by Gasteiger charge is 2.26.